The fourth-order valence-electron chi connectivity index (χ4n) is 0.678. The van der Waals surface area contributed by atoms with Crippen molar-refractivity contribution in [2.24, 2.45) is 0 Å². The van der Waals surface area contributed by atoms with Crippen LogP contribution in [0.5, 0.6) is 0 Å². The van der Waals surface area contributed by atoms with Crippen LogP contribution in [0.1, 0.15) is 12.7 Å². The molecule has 4 heteroatoms. The second kappa shape index (κ2) is 2.83. The first kappa shape index (κ1) is 7.27. The molecule has 1 rings (SSSR count). The Morgan fingerprint density at radius 2 is 2.50 bits per heavy atom. The van der Waals surface area contributed by atoms with Crippen molar-refractivity contribution in [3.63, 3.8) is 0 Å². The fraction of sp³-hybridized carbons (Fsp3) is 0.333. The summed E-state index contributed by atoms with van der Waals surface area (Å²) in [5, 5.41) is 17.8. The molecule has 1 unspecified atom stereocenters. The maximum absolute atomic E-state index is 10.3. The Kier molecular flexibility index (Phi) is 2.06. The number of hydrogen-bond acceptors (Lipinski definition) is 3. The molecule has 0 aromatic carbocycles. The topological polar surface area (TPSA) is 60.9 Å². The number of aryl methyl sites for hydroxylation is 1. The van der Waals surface area contributed by atoms with Crippen molar-refractivity contribution in [1.82, 2.24) is 0 Å². The van der Waals surface area contributed by atoms with E-state index in [9.17, 15) is 5.21 Å². The zero-order chi connectivity index (χ0) is 7.56. The average molecular weight is 143 g/mol. The molecule has 10 heavy (non-hydrogen) atoms. The molecule has 1 aromatic rings. The van der Waals surface area contributed by atoms with Gasteiger partial charge in [0.1, 0.15) is 5.76 Å². The van der Waals surface area contributed by atoms with Crippen LogP contribution in [0.4, 0.5) is 5.69 Å². The number of hydrogen-bond donors (Lipinski definition) is 2. The first-order valence-electron chi connectivity index (χ1n) is 3.04. The van der Waals surface area contributed by atoms with E-state index in [1.165, 1.54) is 12.3 Å². The summed E-state index contributed by atoms with van der Waals surface area (Å²) >= 11 is 0. The summed E-state index contributed by atoms with van der Waals surface area (Å²) in [7, 11) is 0. The maximum Gasteiger partial charge on any atom is 0.202 e. The van der Waals surface area contributed by atoms with Gasteiger partial charge in [-0.05, 0) is 0 Å². The normalized spacial score (nSPS) is 13.5. The molecule has 56 valence electrons. The highest BCUT2D eigenvalue weighted by Gasteiger charge is 2.03. The largest absolute Gasteiger partial charge is 0.595 e. The van der Waals surface area contributed by atoms with Crippen LogP contribution in [0.2, 0.25) is 0 Å². The highest BCUT2D eigenvalue weighted by molar-refractivity contribution is 5.25. The molecule has 0 aliphatic heterocycles. The molecule has 0 spiro atoms. The minimum Gasteiger partial charge on any atom is -0.595 e. The van der Waals surface area contributed by atoms with Gasteiger partial charge in [-0.2, -0.15) is 5.23 Å². The Bertz CT molecular complexity index is 207. The van der Waals surface area contributed by atoms with E-state index in [0.717, 1.165) is 6.42 Å². The molecule has 1 aromatic heterocycles. The molecule has 4 nitrogen and oxygen atoms in total. The third-order valence-corrected chi connectivity index (χ3v) is 1.25. The lowest BCUT2D eigenvalue weighted by Crippen LogP contribution is -2.99. The second-order valence-electron chi connectivity index (χ2n) is 1.96. The lowest BCUT2D eigenvalue weighted by Gasteiger charge is -2.06. The van der Waals surface area contributed by atoms with Crippen molar-refractivity contribution in [3.05, 3.63) is 23.3 Å². The highest BCUT2D eigenvalue weighted by atomic mass is 16.8. The monoisotopic (exact) mass is 143 g/mol. The van der Waals surface area contributed by atoms with E-state index in [0.29, 0.717) is 5.76 Å². The van der Waals surface area contributed by atoms with Crippen LogP contribution in [0.25, 0.3) is 0 Å². The molecule has 2 N–H and O–H groups in total. The molecular weight excluding hydrogens is 134 g/mol. The quantitative estimate of drug-likeness (QED) is 0.583. The summed E-state index contributed by atoms with van der Waals surface area (Å²) in [4.78, 5) is 0. The lowest BCUT2D eigenvalue weighted by molar-refractivity contribution is -0.991. The van der Waals surface area contributed by atoms with Crippen molar-refractivity contribution < 1.29 is 14.9 Å². The van der Waals surface area contributed by atoms with Gasteiger partial charge in [-0.3, -0.25) is 0 Å². The Balaban J connectivity index is 2.78. The van der Waals surface area contributed by atoms with Gasteiger partial charge in [0, 0.05) is 12.5 Å². The molecule has 0 saturated carbocycles. The van der Waals surface area contributed by atoms with Gasteiger partial charge >= 0.3 is 0 Å². The van der Waals surface area contributed by atoms with Gasteiger partial charge in [0.25, 0.3) is 0 Å². The van der Waals surface area contributed by atoms with Crippen LogP contribution in [0, 0.1) is 5.21 Å². The number of nitrogens with one attached hydrogen (secondary N) is 1. The van der Waals surface area contributed by atoms with Crippen molar-refractivity contribution in [2.75, 3.05) is 0 Å². The van der Waals surface area contributed by atoms with E-state index >= 15 is 0 Å². The number of quaternary nitrogens is 1. The van der Waals surface area contributed by atoms with E-state index in [2.05, 4.69) is 0 Å². The first-order valence-corrected chi connectivity index (χ1v) is 3.04. The molecule has 0 aliphatic rings. The van der Waals surface area contributed by atoms with Crippen molar-refractivity contribution >= 4 is 5.69 Å². The summed E-state index contributed by atoms with van der Waals surface area (Å²) in [6.45, 7) is 1.91. The van der Waals surface area contributed by atoms with Crippen LogP contribution in [0.3, 0.4) is 0 Å². The zero-order valence-electron chi connectivity index (χ0n) is 5.63. The van der Waals surface area contributed by atoms with Gasteiger partial charge in [0.15, 0.2) is 6.26 Å². The summed E-state index contributed by atoms with van der Waals surface area (Å²) in [5.74, 6) is 0.706. The molecular formula is C6H9NO3. The van der Waals surface area contributed by atoms with E-state index < -0.39 is 5.23 Å². The predicted octanol–water partition coefficient (Wildman–Crippen LogP) is 0.245. The van der Waals surface area contributed by atoms with Crippen LogP contribution < -0.4 is 5.23 Å². The van der Waals surface area contributed by atoms with Crippen molar-refractivity contribution in [3.8, 4) is 0 Å². The van der Waals surface area contributed by atoms with Gasteiger partial charge < -0.3 is 9.62 Å². The Labute approximate surface area is 58.2 Å². The summed E-state index contributed by atoms with van der Waals surface area (Å²) in [6.07, 6.45) is 1.98. The SMILES string of the molecule is CCc1cc([NH+]([O-])O)co1. The molecule has 0 amide bonds. The van der Waals surface area contributed by atoms with Crippen LogP contribution in [-0.4, -0.2) is 5.21 Å². The Morgan fingerprint density at radius 1 is 1.80 bits per heavy atom. The third kappa shape index (κ3) is 1.36. The van der Waals surface area contributed by atoms with Gasteiger partial charge in [-0.1, -0.05) is 6.92 Å². The van der Waals surface area contributed by atoms with Gasteiger partial charge in [-0.15, -0.1) is 0 Å². The Hall–Kier alpha value is -0.840. The molecule has 1 atom stereocenters. The van der Waals surface area contributed by atoms with Gasteiger partial charge in [0.2, 0.25) is 5.69 Å². The van der Waals surface area contributed by atoms with Crippen LogP contribution in [-0.2, 0) is 6.42 Å². The highest BCUT2D eigenvalue weighted by Crippen LogP contribution is 2.08. The number of rotatable bonds is 2. The molecule has 0 aliphatic carbocycles. The molecule has 0 saturated heterocycles. The Morgan fingerprint density at radius 3 is 2.80 bits per heavy atom. The van der Waals surface area contributed by atoms with Crippen LogP contribution >= 0.6 is 0 Å². The third-order valence-electron chi connectivity index (χ3n) is 1.25. The zero-order valence-corrected chi connectivity index (χ0v) is 5.63. The van der Waals surface area contributed by atoms with Gasteiger partial charge in [-0.25, -0.2) is 5.21 Å². The molecule has 0 radical (unpaired) electrons. The summed E-state index contributed by atoms with van der Waals surface area (Å²) in [6, 6.07) is 1.53. The maximum atomic E-state index is 10.3. The predicted molar refractivity (Wildman–Crippen MR) is 33.9 cm³/mol. The van der Waals surface area contributed by atoms with Gasteiger partial charge in [0.05, 0.1) is 0 Å². The molecule has 0 bridgehead atoms. The van der Waals surface area contributed by atoms with E-state index in [1.807, 2.05) is 6.92 Å². The minimum atomic E-state index is -0.941. The fourth-order valence-corrected chi connectivity index (χ4v) is 0.678. The second-order valence-corrected chi connectivity index (χ2v) is 1.96. The standard InChI is InChI=1S/C6H9NO3/c1-2-6-3-5(4-10-6)7(8)9/h3-4,7-8H,2H2,1H3. The van der Waals surface area contributed by atoms with E-state index in [-0.39, 0.29) is 5.69 Å². The van der Waals surface area contributed by atoms with Crippen LogP contribution in [0.15, 0.2) is 16.7 Å². The number of furan rings is 1. The summed E-state index contributed by atoms with van der Waals surface area (Å²) in [5.41, 5.74) is 0.219. The van der Waals surface area contributed by atoms with Crippen molar-refractivity contribution in [1.29, 1.82) is 0 Å². The lowest BCUT2D eigenvalue weighted by atomic mass is 10.3. The summed E-state index contributed by atoms with van der Waals surface area (Å²) < 4.78 is 4.89. The molecule has 1 heterocycles. The van der Waals surface area contributed by atoms with E-state index in [4.69, 9.17) is 9.62 Å². The smallest absolute Gasteiger partial charge is 0.202 e. The average Bonchev–Trinajstić information content (AvgIpc) is 2.34. The molecule has 0 fully saturated rings. The van der Waals surface area contributed by atoms with Crippen molar-refractivity contribution in [2.45, 2.75) is 13.3 Å². The minimum absolute atomic E-state index is 0.219. The first-order chi connectivity index (χ1) is 4.74. The van der Waals surface area contributed by atoms with E-state index in [1.54, 1.807) is 0 Å².